The molecule has 0 aliphatic carbocycles. The van der Waals surface area contributed by atoms with Crippen molar-refractivity contribution in [2.75, 3.05) is 13.1 Å². The second-order valence-electron chi connectivity index (χ2n) is 5.07. The number of hydrogen-bond donors (Lipinski definition) is 2. The molecule has 0 fully saturated rings. The van der Waals surface area contributed by atoms with Crippen molar-refractivity contribution in [1.82, 2.24) is 10.6 Å². The molecule has 100 valence electrons. The van der Waals surface area contributed by atoms with E-state index in [2.05, 4.69) is 10.6 Å². The Bertz CT molecular complexity index is 195. The van der Waals surface area contributed by atoms with E-state index in [-0.39, 0.29) is 12.1 Å². The molecule has 0 saturated carbocycles. The van der Waals surface area contributed by atoms with Gasteiger partial charge < -0.3 is 20.2 Å². The van der Waals surface area contributed by atoms with Crippen LogP contribution in [-0.2, 0) is 9.59 Å². The van der Waals surface area contributed by atoms with E-state index in [0.29, 0.717) is 11.8 Å². The molecule has 0 radical (unpaired) electrons. The molecule has 0 aromatic heterocycles. The highest BCUT2D eigenvalue weighted by Gasteiger charge is 2.12. The number of nitrogens with one attached hydrogen (secondary N) is 2. The van der Waals surface area contributed by atoms with Gasteiger partial charge in [-0.2, -0.15) is 0 Å². The zero-order valence-corrected chi connectivity index (χ0v) is 11.4. The normalized spacial score (nSPS) is 14.9. The van der Waals surface area contributed by atoms with E-state index >= 15 is 0 Å². The van der Waals surface area contributed by atoms with E-state index in [9.17, 15) is 9.59 Å². The molecule has 0 rings (SSSR count). The molecule has 0 spiro atoms. The molecule has 0 heterocycles. The summed E-state index contributed by atoms with van der Waals surface area (Å²) in [5.41, 5.74) is 0. The fraction of sp³-hybridized carbons (Fsp3) is 0.846. The van der Waals surface area contributed by atoms with Crippen molar-refractivity contribution >= 4 is 12.6 Å². The second-order valence-corrected chi connectivity index (χ2v) is 5.07. The maximum atomic E-state index is 10.7. The Hall–Kier alpha value is -0.740. The monoisotopic (exact) mass is 242 g/mol. The van der Waals surface area contributed by atoms with Crippen LogP contribution in [0, 0.1) is 11.8 Å². The van der Waals surface area contributed by atoms with Gasteiger partial charge >= 0.3 is 0 Å². The first kappa shape index (κ1) is 16.3. The van der Waals surface area contributed by atoms with E-state index in [1.807, 2.05) is 27.7 Å². The molecular formula is C13H26N2O2. The summed E-state index contributed by atoms with van der Waals surface area (Å²) >= 11 is 0. The lowest BCUT2D eigenvalue weighted by atomic mass is 10.1. The number of carbonyl (C=O) groups excluding carboxylic acids is 2. The molecule has 17 heavy (non-hydrogen) atoms. The van der Waals surface area contributed by atoms with Gasteiger partial charge in [-0.15, -0.1) is 0 Å². The number of aldehydes is 2. The molecule has 0 aromatic carbocycles. The van der Waals surface area contributed by atoms with Crippen LogP contribution in [0.5, 0.6) is 0 Å². The van der Waals surface area contributed by atoms with E-state index in [1.54, 1.807) is 0 Å². The second kappa shape index (κ2) is 9.31. The minimum atomic E-state index is -0.0676. The Kier molecular flexibility index (Phi) is 8.90. The van der Waals surface area contributed by atoms with Crippen molar-refractivity contribution in [3.8, 4) is 0 Å². The van der Waals surface area contributed by atoms with Crippen molar-refractivity contribution in [2.45, 2.75) is 46.2 Å². The van der Waals surface area contributed by atoms with Gasteiger partial charge in [-0.1, -0.05) is 27.7 Å². The van der Waals surface area contributed by atoms with Gasteiger partial charge in [0.2, 0.25) is 0 Å². The van der Waals surface area contributed by atoms with Crippen LogP contribution in [0.25, 0.3) is 0 Å². The van der Waals surface area contributed by atoms with Crippen LogP contribution < -0.4 is 10.6 Å². The third-order valence-electron chi connectivity index (χ3n) is 2.84. The Morgan fingerprint density at radius 1 is 0.824 bits per heavy atom. The first-order valence-electron chi connectivity index (χ1n) is 6.40. The van der Waals surface area contributed by atoms with Crippen molar-refractivity contribution in [3.05, 3.63) is 0 Å². The van der Waals surface area contributed by atoms with Crippen LogP contribution in [0.2, 0.25) is 0 Å². The van der Waals surface area contributed by atoms with Crippen LogP contribution in [-0.4, -0.2) is 37.7 Å². The third kappa shape index (κ3) is 7.23. The molecule has 0 bridgehead atoms. The SMILES string of the molecule is CC(C)C(C=O)NCCCNC(C=O)C(C)C. The summed E-state index contributed by atoms with van der Waals surface area (Å²) in [6.45, 7) is 9.66. The summed E-state index contributed by atoms with van der Waals surface area (Å²) in [5, 5.41) is 6.39. The maximum absolute atomic E-state index is 10.7. The van der Waals surface area contributed by atoms with Crippen molar-refractivity contribution in [1.29, 1.82) is 0 Å². The van der Waals surface area contributed by atoms with Crippen molar-refractivity contribution < 1.29 is 9.59 Å². The summed E-state index contributed by atoms with van der Waals surface area (Å²) in [6.07, 6.45) is 2.83. The quantitative estimate of drug-likeness (QED) is 0.443. The molecule has 0 aromatic rings. The standard InChI is InChI=1S/C13H26N2O2/c1-10(2)12(8-16)14-6-5-7-15-13(9-17)11(3)4/h8-15H,5-7H2,1-4H3. The third-order valence-corrected chi connectivity index (χ3v) is 2.84. The molecule has 4 heteroatoms. The fourth-order valence-electron chi connectivity index (χ4n) is 1.51. The lowest BCUT2D eigenvalue weighted by molar-refractivity contribution is -0.111. The Labute approximate surface area is 105 Å². The van der Waals surface area contributed by atoms with E-state index in [1.165, 1.54) is 0 Å². The highest BCUT2D eigenvalue weighted by molar-refractivity contribution is 5.58. The summed E-state index contributed by atoms with van der Waals surface area (Å²) in [7, 11) is 0. The topological polar surface area (TPSA) is 58.2 Å². The maximum Gasteiger partial charge on any atom is 0.137 e. The number of carbonyl (C=O) groups is 2. The van der Waals surface area contributed by atoms with Gasteiger partial charge in [-0.3, -0.25) is 0 Å². The molecule has 2 atom stereocenters. The fourth-order valence-corrected chi connectivity index (χ4v) is 1.51. The van der Waals surface area contributed by atoms with Crippen LogP contribution in [0.3, 0.4) is 0 Å². The Morgan fingerprint density at radius 3 is 1.41 bits per heavy atom. The van der Waals surface area contributed by atoms with Gasteiger partial charge in [0, 0.05) is 0 Å². The molecule has 0 aliphatic rings. The zero-order valence-electron chi connectivity index (χ0n) is 11.4. The summed E-state index contributed by atoms with van der Waals surface area (Å²) in [6, 6.07) is -0.135. The first-order chi connectivity index (χ1) is 8.02. The van der Waals surface area contributed by atoms with Gasteiger partial charge in [-0.25, -0.2) is 0 Å². The largest absolute Gasteiger partial charge is 0.307 e. The summed E-state index contributed by atoms with van der Waals surface area (Å²) < 4.78 is 0. The summed E-state index contributed by atoms with van der Waals surface area (Å²) in [4.78, 5) is 21.5. The van der Waals surface area contributed by atoms with Gasteiger partial charge in [0.05, 0.1) is 12.1 Å². The molecule has 2 unspecified atom stereocenters. The van der Waals surface area contributed by atoms with Gasteiger partial charge in [0.25, 0.3) is 0 Å². The number of rotatable bonds is 10. The van der Waals surface area contributed by atoms with E-state index in [0.717, 1.165) is 32.1 Å². The first-order valence-corrected chi connectivity index (χ1v) is 6.40. The lowest BCUT2D eigenvalue weighted by Gasteiger charge is -2.18. The van der Waals surface area contributed by atoms with Gasteiger partial charge in [0.1, 0.15) is 12.6 Å². The summed E-state index contributed by atoms with van der Waals surface area (Å²) in [5.74, 6) is 0.637. The van der Waals surface area contributed by atoms with Gasteiger partial charge in [0.15, 0.2) is 0 Å². The van der Waals surface area contributed by atoms with Crippen molar-refractivity contribution in [3.63, 3.8) is 0 Å². The van der Waals surface area contributed by atoms with Crippen LogP contribution in [0.4, 0.5) is 0 Å². The molecule has 0 saturated heterocycles. The molecule has 4 nitrogen and oxygen atoms in total. The molecule has 0 aliphatic heterocycles. The molecule has 2 N–H and O–H groups in total. The van der Waals surface area contributed by atoms with Crippen LogP contribution in [0.15, 0.2) is 0 Å². The Morgan fingerprint density at radius 2 is 1.18 bits per heavy atom. The van der Waals surface area contributed by atoms with E-state index in [4.69, 9.17) is 0 Å². The minimum Gasteiger partial charge on any atom is -0.307 e. The average Bonchev–Trinajstić information content (AvgIpc) is 2.27. The predicted molar refractivity (Wildman–Crippen MR) is 70.0 cm³/mol. The lowest BCUT2D eigenvalue weighted by Crippen LogP contribution is -2.39. The van der Waals surface area contributed by atoms with Crippen LogP contribution >= 0.6 is 0 Å². The zero-order chi connectivity index (χ0) is 13.3. The van der Waals surface area contributed by atoms with Crippen LogP contribution in [0.1, 0.15) is 34.1 Å². The van der Waals surface area contributed by atoms with Gasteiger partial charge in [-0.05, 0) is 31.3 Å². The molecule has 0 amide bonds. The minimum absolute atomic E-state index is 0.0676. The highest BCUT2D eigenvalue weighted by Crippen LogP contribution is 1.99. The van der Waals surface area contributed by atoms with E-state index < -0.39 is 0 Å². The molecular weight excluding hydrogens is 216 g/mol. The Balaban J connectivity index is 3.64. The predicted octanol–water partition coefficient (Wildman–Crippen LogP) is 1.00. The smallest absolute Gasteiger partial charge is 0.137 e. The highest BCUT2D eigenvalue weighted by atomic mass is 16.1. The average molecular weight is 242 g/mol. The van der Waals surface area contributed by atoms with Crippen molar-refractivity contribution in [2.24, 2.45) is 11.8 Å². The number of hydrogen-bond acceptors (Lipinski definition) is 4.